The fraction of sp³-hybridized carbons (Fsp3) is 0.438. The lowest BCUT2D eigenvalue weighted by atomic mass is 10.0. The molecule has 0 aliphatic carbocycles. The summed E-state index contributed by atoms with van der Waals surface area (Å²) in [5.41, 5.74) is 1.95. The van der Waals surface area contributed by atoms with Gasteiger partial charge in [0.25, 0.3) is 0 Å². The summed E-state index contributed by atoms with van der Waals surface area (Å²) < 4.78 is 0. The van der Waals surface area contributed by atoms with Gasteiger partial charge in [-0.05, 0) is 43.4 Å². The van der Waals surface area contributed by atoms with Gasteiger partial charge >= 0.3 is 0 Å². The summed E-state index contributed by atoms with van der Waals surface area (Å²) >= 11 is 6.15. The largest absolute Gasteiger partial charge is 0.339 e. The van der Waals surface area contributed by atoms with Crippen molar-refractivity contribution in [3.05, 3.63) is 35.0 Å². The van der Waals surface area contributed by atoms with E-state index in [1.807, 2.05) is 25.1 Å². The summed E-state index contributed by atoms with van der Waals surface area (Å²) in [5, 5.41) is 12.2. The third-order valence-corrected chi connectivity index (χ3v) is 4.34. The van der Waals surface area contributed by atoms with Crippen molar-refractivity contribution in [3.63, 3.8) is 0 Å². The molecule has 2 aromatic rings. The minimum atomic E-state index is 0.671. The molecule has 1 N–H and O–H groups in total. The number of aryl methyl sites for hydroxylation is 1. The van der Waals surface area contributed by atoms with Gasteiger partial charge in [0.15, 0.2) is 5.82 Å². The Hall–Kier alpha value is -1.88. The summed E-state index contributed by atoms with van der Waals surface area (Å²) in [6.45, 7) is 6.22. The van der Waals surface area contributed by atoms with Crippen LogP contribution in [0.4, 0.5) is 17.5 Å². The normalized spacial score (nSPS) is 18.3. The molecule has 0 spiro atoms. The molecule has 0 saturated carbocycles. The minimum Gasteiger partial charge on any atom is -0.339 e. The second kappa shape index (κ2) is 6.48. The van der Waals surface area contributed by atoms with E-state index in [-0.39, 0.29) is 0 Å². The number of hydrogen-bond donors (Lipinski definition) is 1. The van der Waals surface area contributed by atoms with Gasteiger partial charge in [-0.1, -0.05) is 24.6 Å². The summed E-state index contributed by atoms with van der Waals surface area (Å²) in [7, 11) is 0. The van der Waals surface area contributed by atoms with Gasteiger partial charge in [0.2, 0.25) is 5.95 Å². The van der Waals surface area contributed by atoms with Crippen molar-refractivity contribution in [3.8, 4) is 0 Å². The number of hydrogen-bond acceptors (Lipinski definition) is 5. The average molecular weight is 318 g/mol. The lowest BCUT2D eigenvalue weighted by molar-refractivity contribution is 0.441. The highest BCUT2D eigenvalue weighted by Gasteiger charge is 2.19. The van der Waals surface area contributed by atoms with Crippen LogP contribution in [0.3, 0.4) is 0 Å². The van der Waals surface area contributed by atoms with E-state index in [4.69, 9.17) is 11.6 Å². The molecule has 22 heavy (non-hydrogen) atoms. The van der Waals surface area contributed by atoms with Crippen LogP contribution in [0.25, 0.3) is 0 Å². The van der Waals surface area contributed by atoms with E-state index in [1.165, 1.54) is 12.8 Å². The molecule has 0 bridgehead atoms. The molecule has 0 radical (unpaired) electrons. The molecule has 1 aliphatic rings. The van der Waals surface area contributed by atoms with Gasteiger partial charge < -0.3 is 10.2 Å². The zero-order valence-electron chi connectivity index (χ0n) is 12.9. The van der Waals surface area contributed by atoms with E-state index in [9.17, 15) is 0 Å². The molecule has 0 amide bonds. The Kier molecular flexibility index (Phi) is 4.43. The fourth-order valence-electron chi connectivity index (χ4n) is 2.68. The van der Waals surface area contributed by atoms with E-state index < -0.39 is 0 Å². The molecule has 1 aromatic carbocycles. The van der Waals surface area contributed by atoms with Gasteiger partial charge in [-0.15, -0.1) is 5.10 Å². The first-order valence-electron chi connectivity index (χ1n) is 7.59. The Morgan fingerprint density at radius 2 is 2.23 bits per heavy atom. The van der Waals surface area contributed by atoms with Crippen LogP contribution in [0.1, 0.15) is 25.3 Å². The number of piperidine rings is 1. The number of nitrogens with one attached hydrogen (secondary N) is 1. The lowest BCUT2D eigenvalue weighted by Gasteiger charge is -2.30. The second-order valence-corrected chi connectivity index (χ2v) is 6.33. The molecule has 5 nitrogen and oxygen atoms in total. The molecule has 116 valence electrons. The van der Waals surface area contributed by atoms with Gasteiger partial charge in [-0.2, -0.15) is 10.1 Å². The number of benzene rings is 1. The van der Waals surface area contributed by atoms with Crippen LogP contribution in [0.15, 0.2) is 24.4 Å². The van der Waals surface area contributed by atoms with E-state index in [0.717, 1.165) is 29.4 Å². The van der Waals surface area contributed by atoms with Gasteiger partial charge in [0.1, 0.15) is 0 Å². The minimum absolute atomic E-state index is 0.671. The summed E-state index contributed by atoms with van der Waals surface area (Å²) in [6, 6.07) is 5.85. The zero-order chi connectivity index (χ0) is 15.5. The van der Waals surface area contributed by atoms with Crippen molar-refractivity contribution >= 4 is 29.1 Å². The Labute approximate surface area is 135 Å². The number of nitrogens with zero attached hydrogens (tertiary/aromatic N) is 4. The van der Waals surface area contributed by atoms with Crippen LogP contribution in [-0.2, 0) is 0 Å². The average Bonchev–Trinajstić information content (AvgIpc) is 2.51. The summed E-state index contributed by atoms with van der Waals surface area (Å²) in [5.74, 6) is 2.04. The van der Waals surface area contributed by atoms with E-state index >= 15 is 0 Å². The van der Waals surface area contributed by atoms with Crippen molar-refractivity contribution < 1.29 is 0 Å². The predicted octanol–water partition coefficient (Wildman–Crippen LogP) is 3.81. The molecule has 1 aromatic heterocycles. The fourth-order valence-corrected chi connectivity index (χ4v) is 2.86. The zero-order valence-corrected chi connectivity index (χ0v) is 13.6. The van der Waals surface area contributed by atoms with Gasteiger partial charge in [0.05, 0.1) is 6.20 Å². The van der Waals surface area contributed by atoms with E-state index in [1.54, 1.807) is 6.20 Å². The number of anilines is 3. The first-order chi connectivity index (χ1) is 10.6. The molecule has 2 heterocycles. The summed E-state index contributed by atoms with van der Waals surface area (Å²) in [4.78, 5) is 6.78. The Morgan fingerprint density at radius 1 is 1.36 bits per heavy atom. The topological polar surface area (TPSA) is 53.9 Å². The third-order valence-electron chi connectivity index (χ3n) is 3.93. The SMILES string of the molecule is Cc1ccc(Nc2cnnc(N3CCCC(C)C3)n2)cc1Cl. The van der Waals surface area contributed by atoms with Crippen molar-refractivity contribution in [2.75, 3.05) is 23.3 Å². The predicted molar refractivity (Wildman–Crippen MR) is 89.9 cm³/mol. The monoisotopic (exact) mass is 317 g/mol. The maximum absolute atomic E-state index is 6.15. The maximum Gasteiger partial charge on any atom is 0.247 e. The molecule has 1 unspecified atom stereocenters. The Morgan fingerprint density at radius 3 is 3.00 bits per heavy atom. The quantitative estimate of drug-likeness (QED) is 0.932. The van der Waals surface area contributed by atoms with Gasteiger partial charge in [-0.25, -0.2) is 0 Å². The standard InChI is InChI=1S/C16H20ClN5/c1-11-4-3-7-22(10-11)16-20-15(9-18-21-16)19-13-6-5-12(2)14(17)8-13/h5-6,8-9,11H,3-4,7,10H2,1-2H3,(H,19,20,21). The Bertz CT molecular complexity index is 661. The van der Waals surface area contributed by atoms with Crippen LogP contribution in [0.5, 0.6) is 0 Å². The first kappa shape index (κ1) is 15.0. The molecule has 3 rings (SSSR count). The van der Waals surface area contributed by atoms with Crippen LogP contribution >= 0.6 is 11.6 Å². The molecule has 6 heteroatoms. The molecular formula is C16H20ClN5. The van der Waals surface area contributed by atoms with Gasteiger partial charge in [0, 0.05) is 23.8 Å². The van der Waals surface area contributed by atoms with E-state index in [0.29, 0.717) is 17.7 Å². The highest BCUT2D eigenvalue weighted by Crippen LogP contribution is 2.24. The summed E-state index contributed by atoms with van der Waals surface area (Å²) in [6.07, 6.45) is 4.07. The Balaban J connectivity index is 1.77. The van der Waals surface area contributed by atoms with Crippen LogP contribution in [-0.4, -0.2) is 28.3 Å². The van der Waals surface area contributed by atoms with Crippen LogP contribution < -0.4 is 10.2 Å². The third kappa shape index (κ3) is 3.47. The molecular weight excluding hydrogens is 298 g/mol. The smallest absolute Gasteiger partial charge is 0.247 e. The van der Waals surface area contributed by atoms with Crippen LogP contribution in [0.2, 0.25) is 5.02 Å². The first-order valence-corrected chi connectivity index (χ1v) is 7.97. The highest BCUT2D eigenvalue weighted by molar-refractivity contribution is 6.31. The van der Waals surface area contributed by atoms with Crippen molar-refractivity contribution in [1.82, 2.24) is 15.2 Å². The highest BCUT2D eigenvalue weighted by atomic mass is 35.5. The van der Waals surface area contributed by atoms with Gasteiger partial charge in [-0.3, -0.25) is 0 Å². The van der Waals surface area contributed by atoms with Crippen molar-refractivity contribution in [2.45, 2.75) is 26.7 Å². The second-order valence-electron chi connectivity index (χ2n) is 5.92. The molecule has 1 atom stereocenters. The lowest BCUT2D eigenvalue weighted by Crippen LogP contribution is -2.35. The number of rotatable bonds is 3. The van der Waals surface area contributed by atoms with Crippen molar-refractivity contribution in [2.24, 2.45) is 5.92 Å². The van der Waals surface area contributed by atoms with Crippen LogP contribution in [0, 0.1) is 12.8 Å². The van der Waals surface area contributed by atoms with Crippen molar-refractivity contribution in [1.29, 1.82) is 0 Å². The maximum atomic E-state index is 6.15. The molecule has 1 fully saturated rings. The number of aromatic nitrogens is 3. The number of halogens is 1. The molecule has 1 aliphatic heterocycles. The van der Waals surface area contributed by atoms with E-state index in [2.05, 4.69) is 32.3 Å². The molecule has 1 saturated heterocycles.